The summed E-state index contributed by atoms with van der Waals surface area (Å²) in [7, 11) is 0. The summed E-state index contributed by atoms with van der Waals surface area (Å²) in [6, 6.07) is -0.710. The Balaban J connectivity index is 4.66. The van der Waals surface area contributed by atoms with Gasteiger partial charge in [0.2, 0.25) is 5.91 Å². The van der Waals surface area contributed by atoms with Crippen LogP contribution in [-0.4, -0.2) is 46.9 Å². The van der Waals surface area contributed by atoms with E-state index in [1.54, 1.807) is 0 Å². The van der Waals surface area contributed by atoms with E-state index in [9.17, 15) is 19.8 Å². The number of ether oxygens (including phenoxy) is 1. The normalized spacial score (nSPS) is 13.7. The van der Waals surface area contributed by atoms with Gasteiger partial charge >= 0.3 is 5.97 Å². The van der Waals surface area contributed by atoms with Crippen molar-refractivity contribution in [3.63, 3.8) is 0 Å². The molecule has 6 nitrogen and oxygen atoms in total. The number of rotatable bonds is 43. The molecular weight excluding hydrogens is 707 g/mol. The highest BCUT2D eigenvalue weighted by Crippen LogP contribution is 2.17. The number of aliphatic hydroxyl groups is 2. The maximum Gasteiger partial charge on any atom is 0.306 e. The van der Waals surface area contributed by atoms with Crippen molar-refractivity contribution in [1.82, 2.24) is 5.32 Å². The Morgan fingerprint density at radius 1 is 0.526 bits per heavy atom. The Kier molecular flexibility index (Phi) is 43.2. The van der Waals surface area contributed by atoms with Crippen molar-refractivity contribution in [3.05, 3.63) is 48.6 Å². The lowest BCUT2D eigenvalue weighted by Crippen LogP contribution is -2.46. The molecule has 0 bridgehead atoms. The number of unbranched alkanes of at least 4 members (excludes halogenated alkanes) is 23. The lowest BCUT2D eigenvalue weighted by molar-refractivity contribution is -0.151. The fourth-order valence-corrected chi connectivity index (χ4v) is 7.20. The number of hydrogen-bond donors (Lipinski definition) is 3. The van der Waals surface area contributed by atoms with Gasteiger partial charge in [-0.1, -0.05) is 191 Å². The van der Waals surface area contributed by atoms with Crippen LogP contribution < -0.4 is 5.32 Å². The third kappa shape index (κ3) is 40.4. The minimum atomic E-state index is -0.795. The second-order valence-electron chi connectivity index (χ2n) is 16.5. The molecule has 3 N–H and O–H groups in total. The second kappa shape index (κ2) is 44.9. The summed E-state index contributed by atoms with van der Waals surface area (Å²) in [5, 5.41) is 23.7. The molecule has 3 unspecified atom stereocenters. The standard InChI is InChI=1S/C51H93NO5/c1-4-7-10-13-16-19-22-24-26-28-30-33-36-39-42-47(57-51(56)44-41-38-35-32-29-25-23-20-17-14-11-8-5-2)45-50(55)52-48(46-53)49(54)43-40-37-34-31-27-21-18-15-12-9-6-3/h7,10,16,19,24-26,29,47-49,53-54H,4-6,8-9,11-15,17-18,20-23,27-28,30-46H2,1-3H3,(H,52,55)/b10-7+,19-16+,26-24+,29-25-. The number of allylic oxidation sites excluding steroid dienone is 8. The van der Waals surface area contributed by atoms with Crippen molar-refractivity contribution >= 4 is 11.9 Å². The van der Waals surface area contributed by atoms with E-state index in [-0.39, 0.29) is 24.9 Å². The second-order valence-corrected chi connectivity index (χ2v) is 16.5. The summed E-state index contributed by atoms with van der Waals surface area (Å²) in [6.07, 6.45) is 53.1. The molecule has 6 heteroatoms. The molecule has 3 atom stereocenters. The first-order valence-electron chi connectivity index (χ1n) is 24.4. The Morgan fingerprint density at radius 3 is 1.46 bits per heavy atom. The fraction of sp³-hybridized carbons (Fsp3) is 0.804. The topological polar surface area (TPSA) is 95.9 Å². The van der Waals surface area contributed by atoms with Gasteiger partial charge in [0, 0.05) is 6.42 Å². The van der Waals surface area contributed by atoms with Gasteiger partial charge in [0.05, 0.1) is 25.2 Å². The van der Waals surface area contributed by atoms with E-state index in [2.05, 4.69) is 74.7 Å². The lowest BCUT2D eigenvalue weighted by atomic mass is 10.0. The van der Waals surface area contributed by atoms with Gasteiger partial charge in [-0.3, -0.25) is 9.59 Å². The highest BCUT2D eigenvalue weighted by atomic mass is 16.5. The van der Waals surface area contributed by atoms with Crippen molar-refractivity contribution in [3.8, 4) is 0 Å². The zero-order valence-electron chi connectivity index (χ0n) is 37.7. The quantitative estimate of drug-likeness (QED) is 0.0324. The molecule has 0 radical (unpaired) electrons. The maximum atomic E-state index is 13.2. The van der Waals surface area contributed by atoms with Crippen LogP contribution in [0.4, 0.5) is 0 Å². The van der Waals surface area contributed by atoms with Crippen LogP contribution in [0.2, 0.25) is 0 Å². The van der Waals surface area contributed by atoms with Crippen molar-refractivity contribution in [2.75, 3.05) is 6.61 Å². The molecule has 1 amide bonds. The van der Waals surface area contributed by atoms with Crippen LogP contribution in [0.1, 0.15) is 239 Å². The van der Waals surface area contributed by atoms with Gasteiger partial charge in [0.15, 0.2) is 0 Å². The summed E-state index contributed by atoms with van der Waals surface area (Å²) >= 11 is 0. The Bertz CT molecular complexity index is 988. The number of amides is 1. The summed E-state index contributed by atoms with van der Waals surface area (Å²) < 4.78 is 5.90. The van der Waals surface area contributed by atoms with Crippen LogP contribution in [0.15, 0.2) is 48.6 Å². The Labute approximate surface area is 353 Å². The monoisotopic (exact) mass is 800 g/mol. The molecule has 332 valence electrons. The molecule has 0 aliphatic rings. The summed E-state index contributed by atoms with van der Waals surface area (Å²) in [5.41, 5.74) is 0. The molecule has 0 saturated carbocycles. The van der Waals surface area contributed by atoms with Crippen LogP contribution in [-0.2, 0) is 14.3 Å². The largest absolute Gasteiger partial charge is 0.462 e. The number of carbonyl (C=O) groups is 2. The van der Waals surface area contributed by atoms with Crippen LogP contribution in [0, 0.1) is 0 Å². The molecule has 0 fully saturated rings. The van der Waals surface area contributed by atoms with Crippen molar-refractivity contribution in [1.29, 1.82) is 0 Å². The van der Waals surface area contributed by atoms with Crippen molar-refractivity contribution < 1.29 is 24.5 Å². The van der Waals surface area contributed by atoms with Crippen molar-refractivity contribution in [2.45, 2.75) is 257 Å². The maximum absolute atomic E-state index is 13.2. The third-order valence-corrected chi connectivity index (χ3v) is 10.9. The molecule has 0 aliphatic carbocycles. The van der Waals surface area contributed by atoms with E-state index in [0.717, 1.165) is 103 Å². The summed E-state index contributed by atoms with van der Waals surface area (Å²) in [4.78, 5) is 26.0. The Morgan fingerprint density at radius 2 is 0.947 bits per heavy atom. The molecule has 57 heavy (non-hydrogen) atoms. The predicted octanol–water partition coefficient (Wildman–Crippen LogP) is 14.3. The van der Waals surface area contributed by atoms with Gasteiger partial charge in [0.25, 0.3) is 0 Å². The molecule has 0 aliphatic heterocycles. The molecule has 0 aromatic carbocycles. The number of hydrogen-bond acceptors (Lipinski definition) is 5. The highest BCUT2D eigenvalue weighted by Gasteiger charge is 2.24. The van der Waals surface area contributed by atoms with Gasteiger partial charge in [-0.15, -0.1) is 0 Å². The number of nitrogens with one attached hydrogen (secondary N) is 1. The zero-order chi connectivity index (χ0) is 41.7. The van der Waals surface area contributed by atoms with E-state index >= 15 is 0 Å². The Hall–Kier alpha value is -2.18. The summed E-state index contributed by atoms with van der Waals surface area (Å²) in [5.74, 6) is -0.514. The van der Waals surface area contributed by atoms with Crippen LogP contribution in [0.3, 0.4) is 0 Å². The fourth-order valence-electron chi connectivity index (χ4n) is 7.20. The first kappa shape index (κ1) is 54.8. The average molecular weight is 800 g/mol. The number of esters is 1. The van der Waals surface area contributed by atoms with Crippen LogP contribution in [0.25, 0.3) is 0 Å². The van der Waals surface area contributed by atoms with Gasteiger partial charge in [0.1, 0.15) is 6.10 Å². The minimum Gasteiger partial charge on any atom is -0.462 e. The molecule has 0 aromatic heterocycles. The molecule has 0 rings (SSSR count). The molecule has 0 aromatic rings. The molecule has 0 saturated heterocycles. The number of aliphatic hydroxyl groups excluding tert-OH is 2. The predicted molar refractivity (Wildman–Crippen MR) is 245 cm³/mol. The third-order valence-electron chi connectivity index (χ3n) is 10.9. The van der Waals surface area contributed by atoms with Crippen molar-refractivity contribution in [2.24, 2.45) is 0 Å². The first-order valence-corrected chi connectivity index (χ1v) is 24.4. The smallest absolute Gasteiger partial charge is 0.306 e. The van der Waals surface area contributed by atoms with E-state index in [4.69, 9.17) is 4.74 Å². The van der Waals surface area contributed by atoms with E-state index < -0.39 is 18.2 Å². The van der Waals surface area contributed by atoms with Crippen LogP contribution in [0.5, 0.6) is 0 Å². The molecular formula is C51H93NO5. The van der Waals surface area contributed by atoms with Crippen LogP contribution >= 0.6 is 0 Å². The van der Waals surface area contributed by atoms with E-state index in [1.165, 1.54) is 89.9 Å². The van der Waals surface area contributed by atoms with Gasteiger partial charge in [-0.25, -0.2) is 0 Å². The van der Waals surface area contributed by atoms with E-state index in [1.807, 2.05) is 0 Å². The van der Waals surface area contributed by atoms with Gasteiger partial charge < -0.3 is 20.3 Å². The first-order chi connectivity index (χ1) is 28.0. The minimum absolute atomic E-state index is 0.0568. The molecule has 0 heterocycles. The lowest BCUT2D eigenvalue weighted by Gasteiger charge is -2.24. The number of carbonyl (C=O) groups excluding carboxylic acids is 2. The van der Waals surface area contributed by atoms with Gasteiger partial charge in [-0.05, 0) is 83.5 Å². The SMILES string of the molecule is CC/C=C/C/C=C/C/C=C/CCCCCCC(CC(=O)NC(CO)C(O)CCCCCCCCCCCCC)OC(=O)CCCCC/C=C\CCCCCCCC. The average Bonchev–Trinajstić information content (AvgIpc) is 3.20. The van der Waals surface area contributed by atoms with E-state index in [0.29, 0.717) is 19.3 Å². The zero-order valence-corrected chi connectivity index (χ0v) is 37.7. The van der Waals surface area contributed by atoms with Gasteiger partial charge in [-0.2, -0.15) is 0 Å². The summed E-state index contributed by atoms with van der Waals surface area (Å²) in [6.45, 7) is 6.34. The molecule has 0 spiro atoms. The highest BCUT2D eigenvalue weighted by molar-refractivity contribution is 5.77.